The third-order valence-corrected chi connectivity index (χ3v) is 7.41. The number of ether oxygens (including phenoxy) is 1. The maximum Gasteiger partial charge on any atom is 0.420 e. The van der Waals surface area contributed by atoms with Crippen LogP contribution < -0.4 is 10.5 Å². The quantitative estimate of drug-likeness (QED) is 0.190. The first kappa shape index (κ1) is 27.9. The minimum absolute atomic E-state index is 0.136. The zero-order chi connectivity index (χ0) is 28.9. The standard InChI is InChI=1S/C24H15F7N2O5S/c25-12-1-4-14(5-2-12)39(36,37)19-10-33-18-6-3-13(9-15(18)19)38-21-16(23(26,27)28)7-11(20(32)22(34)35)8-17(21)24(29,30)31/h1-10,20,33H,32H2,(H,34,35)/t20-/m1/s1. The number of rotatable bonds is 6. The fraction of sp³-hybridized carbons (Fsp3) is 0.125. The van der Waals surface area contributed by atoms with Crippen LogP contribution in [0.2, 0.25) is 0 Å². The van der Waals surface area contributed by atoms with Crippen molar-refractivity contribution < 1.29 is 53.8 Å². The van der Waals surface area contributed by atoms with E-state index in [9.17, 15) is 43.9 Å². The van der Waals surface area contributed by atoms with Crippen molar-refractivity contribution in [3.63, 3.8) is 0 Å². The molecule has 4 rings (SSSR count). The molecule has 4 aromatic rings. The Labute approximate surface area is 214 Å². The summed E-state index contributed by atoms with van der Waals surface area (Å²) in [4.78, 5) is 13.1. The first-order valence-electron chi connectivity index (χ1n) is 10.6. The number of hydrogen-bond donors (Lipinski definition) is 3. The summed E-state index contributed by atoms with van der Waals surface area (Å²) in [5.41, 5.74) is 0.560. The topological polar surface area (TPSA) is 122 Å². The minimum Gasteiger partial charge on any atom is -0.480 e. The Balaban J connectivity index is 1.89. The minimum atomic E-state index is -5.43. The van der Waals surface area contributed by atoms with Crippen LogP contribution in [0.1, 0.15) is 22.7 Å². The van der Waals surface area contributed by atoms with Crippen molar-refractivity contribution in [2.45, 2.75) is 28.2 Å². The molecular weight excluding hydrogens is 561 g/mol. The molecule has 1 aromatic heterocycles. The van der Waals surface area contributed by atoms with E-state index >= 15 is 0 Å². The van der Waals surface area contributed by atoms with Crippen LogP contribution in [0.4, 0.5) is 30.7 Å². The fourth-order valence-electron chi connectivity index (χ4n) is 3.72. The van der Waals surface area contributed by atoms with E-state index in [1.54, 1.807) is 0 Å². The Hall–Kier alpha value is -4.11. The monoisotopic (exact) mass is 576 g/mol. The largest absolute Gasteiger partial charge is 0.480 e. The second-order valence-electron chi connectivity index (χ2n) is 8.18. The highest BCUT2D eigenvalue weighted by Crippen LogP contribution is 2.47. The van der Waals surface area contributed by atoms with Crippen molar-refractivity contribution in [3.8, 4) is 11.5 Å². The summed E-state index contributed by atoms with van der Waals surface area (Å²) in [6.07, 6.45) is -9.81. The molecule has 0 unspecified atom stereocenters. The lowest BCUT2D eigenvalue weighted by Gasteiger charge is -2.21. The summed E-state index contributed by atoms with van der Waals surface area (Å²) in [6.45, 7) is 0. The molecule has 206 valence electrons. The van der Waals surface area contributed by atoms with Gasteiger partial charge in [0.05, 0.1) is 20.9 Å². The maximum atomic E-state index is 13.9. The van der Waals surface area contributed by atoms with Crippen LogP contribution in [0.15, 0.2) is 70.6 Å². The van der Waals surface area contributed by atoms with E-state index in [0.29, 0.717) is 0 Å². The molecule has 39 heavy (non-hydrogen) atoms. The van der Waals surface area contributed by atoms with Gasteiger partial charge in [-0.15, -0.1) is 0 Å². The number of benzene rings is 3. The van der Waals surface area contributed by atoms with Crippen molar-refractivity contribution in [2.75, 3.05) is 0 Å². The first-order valence-corrected chi connectivity index (χ1v) is 12.1. The summed E-state index contributed by atoms with van der Waals surface area (Å²) in [5.74, 6) is -4.85. The van der Waals surface area contributed by atoms with Crippen LogP contribution in [0.25, 0.3) is 10.9 Å². The molecule has 0 bridgehead atoms. The molecule has 0 amide bonds. The van der Waals surface area contributed by atoms with E-state index in [2.05, 4.69) is 4.98 Å². The number of aliphatic carboxylic acids is 1. The molecule has 0 aliphatic rings. The molecule has 0 aliphatic heterocycles. The van der Waals surface area contributed by atoms with E-state index in [0.717, 1.165) is 42.6 Å². The lowest BCUT2D eigenvalue weighted by molar-refractivity contribution is -0.146. The predicted molar refractivity (Wildman–Crippen MR) is 121 cm³/mol. The normalized spacial score (nSPS) is 13.4. The SMILES string of the molecule is N[C@@H](C(=O)O)c1cc(C(F)(F)F)c(Oc2ccc3[nH]cc(S(=O)(=O)c4ccc(F)cc4)c3c2)c(C(F)(F)F)c1. The lowest BCUT2D eigenvalue weighted by atomic mass is 9.98. The van der Waals surface area contributed by atoms with Gasteiger partial charge in [-0.05, 0) is 60.2 Å². The number of aromatic nitrogens is 1. The number of sulfone groups is 1. The van der Waals surface area contributed by atoms with E-state index in [1.807, 2.05) is 0 Å². The van der Waals surface area contributed by atoms with Crippen LogP contribution >= 0.6 is 0 Å². The van der Waals surface area contributed by atoms with Gasteiger partial charge in [-0.25, -0.2) is 12.8 Å². The van der Waals surface area contributed by atoms with Gasteiger partial charge in [0.15, 0.2) is 5.75 Å². The van der Waals surface area contributed by atoms with Gasteiger partial charge in [0, 0.05) is 17.1 Å². The van der Waals surface area contributed by atoms with Gasteiger partial charge in [0.2, 0.25) is 9.84 Å². The van der Waals surface area contributed by atoms with Gasteiger partial charge >= 0.3 is 18.3 Å². The number of aromatic amines is 1. The molecule has 0 radical (unpaired) electrons. The second-order valence-corrected chi connectivity index (χ2v) is 10.1. The molecule has 1 heterocycles. The molecule has 1 atom stereocenters. The van der Waals surface area contributed by atoms with Crippen molar-refractivity contribution in [1.29, 1.82) is 0 Å². The van der Waals surface area contributed by atoms with E-state index < -0.39 is 73.1 Å². The van der Waals surface area contributed by atoms with Gasteiger partial charge < -0.3 is 20.6 Å². The zero-order valence-corrected chi connectivity index (χ0v) is 19.9. The molecule has 0 fully saturated rings. The molecular formula is C24H15F7N2O5S. The first-order chi connectivity index (χ1) is 18.0. The van der Waals surface area contributed by atoms with Crippen LogP contribution in [0.5, 0.6) is 11.5 Å². The van der Waals surface area contributed by atoms with E-state index in [1.165, 1.54) is 6.07 Å². The highest BCUT2D eigenvalue weighted by Gasteiger charge is 2.43. The third-order valence-electron chi connectivity index (χ3n) is 5.60. The lowest BCUT2D eigenvalue weighted by Crippen LogP contribution is -2.23. The highest BCUT2D eigenvalue weighted by molar-refractivity contribution is 7.91. The molecule has 7 nitrogen and oxygen atoms in total. The fourth-order valence-corrected chi connectivity index (χ4v) is 5.14. The number of H-pyrrole nitrogens is 1. The van der Waals surface area contributed by atoms with Gasteiger partial charge in [-0.2, -0.15) is 26.3 Å². The molecule has 4 N–H and O–H groups in total. The number of carboxylic acid groups (broad SMARTS) is 1. The zero-order valence-electron chi connectivity index (χ0n) is 19.1. The molecule has 0 saturated heterocycles. The Morgan fingerprint density at radius 3 is 2.00 bits per heavy atom. The average molecular weight is 576 g/mol. The number of halogens is 7. The van der Waals surface area contributed by atoms with Gasteiger partial charge in [-0.3, -0.25) is 4.79 Å². The average Bonchev–Trinajstić information content (AvgIpc) is 3.26. The van der Waals surface area contributed by atoms with E-state index in [4.69, 9.17) is 15.6 Å². The number of carbonyl (C=O) groups is 1. The van der Waals surface area contributed by atoms with Crippen molar-refractivity contribution in [3.05, 3.63) is 83.3 Å². The maximum absolute atomic E-state index is 13.9. The van der Waals surface area contributed by atoms with Gasteiger partial charge in [0.25, 0.3) is 0 Å². The number of alkyl halides is 6. The number of fused-ring (bicyclic) bond motifs is 1. The van der Waals surface area contributed by atoms with Crippen molar-refractivity contribution >= 4 is 26.7 Å². The summed E-state index contributed by atoms with van der Waals surface area (Å²) < 4.78 is 128. The summed E-state index contributed by atoms with van der Waals surface area (Å²) >= 11 is 0. The number of hydrogen-bond acceptors (Lipinski definition) is 5. The highest BCUT2D eigenvalue weighted by atomic mass is 32.2. The van der Waals surface area contributed by atoms with Gasteiger partial charge in [0.1, 0.15) is 17.6 Å². The van der Waals surface area contributed by atoms with Crippen LogP contribution in [0.3, 0.4) is 0 Å². The Kier molecular flexibility index (Phi) is 6.85. The number of nitrogens with two attached hydrogens (primary N) is 1. The summed E-state index contributed by atoms with van der Waals surface area (Å²) in [5, 5.41) is 8.87. The van der Waals surface area contributed by atoms with Crippen LogP contribution in [-0.4, -0.2) is 24.5 Å². The summed E-state index contributed by atoms with van der Waals surface area (Å²) in [6, 6.07) is 4.94. The molecule has 0 spiro atoms. The Morgan fingerprint density at radius 2 is 1.49 bits per heavy atom. The van der Waals surface area contributed by atoms with E-state index in [-0.39, 0.29) is 27.9 Å². The second kappa shape index (κ2) is 9.57. The predicted octanol–water partition coefficient (Wildman–Crippen LogP) is 6.05. The third kappa shape index (κ3) is 5.40. The Bertz CT molecular complexity index is 1640. The van der Waals surface area contributed by atoms with Gasteiger partial charge in [-0.1, -0.05) is 0 Å². The van der Waals surface area contributed by atoms with Crippen LogP contribution in [-0.2, 0) is 27.0 Å². The molecule has 0 saturated carbocycles. The molecule has 15 heteroatoms. The number of carboxylic acids is 1. The smallest absolute Gasteiger partial charge is 0.420 e. The van der Waals surface area contributed by atoms with Crippen LogP contribution in [0, 0.1) is 5.82 Å². The molecule has 0 aliphatic carbocycles. The van der Waals surface area contributed by atoms with Crippen molar-refractivity contribution in [1.82, 2.24) is 4.98 Å². The summed E-state index contributed by atoms with van der Waals surface area (Å²) in [7, 11) is -4.30. The Morgan fingerprint density at radius 1 is 0.923 bits per heavy atom. The number of nitrogens with one attached hydrogen (secondary N) is 1. The van der Waals surface area contributed by atoms with Crippen molar-refractivity contribution in [2.24, 2.45) is 5.73 Å². The molecule has 3 aromatic carbocycles.